The first kappa shape index (κ1) is 15.5. The first-order valence-electron chi connectivity index (χ1n) is 7.22. The van der Waals surface area contributed by atoms with E-state index in [1.54, 1.807) is 44.6 Å². The lowest BCUT2D eigenvalue weighted by molar-refractivity contribution is 0.0828. The number of carbonyl (C=O) groups excluding carboxylic acids is 1. The number of carbonyl (C=O) groups is 1. The van der Waals surface area contributed by atoms with Crippen molar-refractivity contribution < 1.29 is 9.21 Å². The molecule has 0 aliphatic rings. The average Bonchev–Trinajstić information content (AvgIpc) is 3.09. The van der Waals surface area contributed by atoms with Crippen molar-refractivity contribution in [2.45, 2.75) is 0 Å². The molecule has 3 heterocycles. The Morgan fingerprint density at radius 3 is 2.67 bits per heavy atom. The number of aromatic nitrogens is 2. The van der Waals surface area contributed by atoms with Crippen LogP contribution >= 0.6 is 0 Å². The molecule has 122 valence electrons. The van der Waals surface area contributed by atoms with Gasteiger partial charge in [0.2, 0.25) is 5.56 Å². The fraction of sp³-hybridized carbons (Fsp3) is 0.118. The van der Waals surface area contributed by atoms with E-state index in [4.69, 9.17) is 10.2 Å². The SMILES string of the molecule is CN(C)C(=O)c1cc(-c2ccc(=O)[nH]c2)c(-c2ccco2)nc1N. The van der Waals surface area contributed by atoms with E-state index in [1.165, 1.54) is 17.2 Å². The van der Waals surface area contributed by atoms with Crippen LogP contribution in [0.25, 0.3) is 22.6 Å². The summed E-state index contributed by atoms with van der Waals surface area (Å²) < 4.78 is 5.42. The molecule has 24 heavy (non-hydrogen) atoms. The highest BCUT2D eigenvalue weighted by Gasteiger charge is 2.20. The Morgan fingerprint density at radius 1 is 1.29 bits per heavy atom. The van der Waals surface area contributed by atoms with E-state index in [9.17, 15) is 9.59 Å². The third kappa shape index (κ3) is 2.79. The van der Waals surface area contributed by atoms with Gasteiger partial charge in [-0.15, -0.1) is 0 Å². The first-order valence-corrected chi connectivity index (χ1v) is 7.22. The maximum absolute atomic E-state index is 12.3. The zero-order valence-corrected chi connectivity index (χ0v) is 13.2. The van der Waals surface area contributed by atoms with Gasteiger partial charge >= 0.3 is 0 Å². The Labute approximate surface area is 137 Å². The normalized spacial score (nSPS) is 10.6. The Hall–Kier alpha value is -3.35. The largest absolute Gasteiger partial charge is 0.463 e. The molecule has 0 unspecified atom stereocenters. The molecular formula is C17H16N4O3. The molecule has 1 amide bonds. The molecule has 0 aliphatic carbocycles. The highest BCUT2D eigenvalue weighted by Crippen LogP contribution is 2.33. The molecule has 0 aromatic carbocycles. The minimum Gasteiger partial charge on any atom is -0.463 e. The number of hydrogen-bond acceptors (Lipinski definition) is 5. The van der Waals surface area contributed by atoms with Crippen molar-refractivity contribution in [2.24, 2.45) is 0 Å². The second kappa shape index (κ2) is 6.04. The van der Waals surface area contributed by atoms with Crippen LogP contribution in [0.4, 0.5) is 5.82 Å². The van der Waals surface area contributed by atoms with E-state index in [0.717, 1.165) is 0 Å². The second-order valence-electron chi connectivity index (χ2n) is 5.44. The van der Waals surface area contributed by atoms with E-state index in [-0.39, 0.29) is 22.8 Å². The van der Waals surface area contributed by atoms with Crippen LogP contribution in [0, 0.1) is 0 Å². The summed E-state index contributed by atoms with van der Waals surface area (Å²) in [6, 6.07) is 8.22. The lowest BCUT2D eigenvalue weighted by atomic mass is 10.0. The number of furan rings is 1. The van der Waals surface area contributed by atoms with E-state index < -0.39 is 0 Å². The van der Waals surface area contributed by atoms with Gasteiger partial charge in [0.15, 0.2) is 5.76 Å². The van der Waals surface area contributed by atoms with Crippen LogP contribution in [0.15, 0.2) is 52.0 Å². The predicted octanol–water partition coefficient (Wildman–Crippen LogP) is 1.98. The molecule has 3 aromatic rings. The summed E-state index contributed by atoms with van der Waals surface area (Å²) in [5.41, 5.74) is 7.89. The van der Waals surface area contributed by atoms with Gasteiger partial charge in [0, 0.05) is 37.5 Å². The van der Waals surface area contributed by atoms with Gasteiger partial charge in [-0.1, -0.05) is 0 Å². The topological polar surface area (TPSA) is 105 Å². The number of anilines is 1. The Kier molecular flexibility index (Phi) is 3.91. The number of nitrogens with zero attached hydrogens (tertiary/aromatic N) is 2. The Bertz CT molecular complexity index is 922. The molecule has 7 nitrogen and oxygen atoms in total. The van der Waals surface area contributed by atoms with Crippen molar-refractivity contribution in [2.75, 3.05) is 19.8 Å². The number of hydrogen-bond donors (Lipinski definition) is 2. The molecule has 0 fully saturated rings. The Morgan fingerprint density at radius 2 is 2.08 bits per heavy atom. The number of aromatic amines is 1. The standard InChI is InChI=1S/C17H16N4O3/c1-21(2)17(23)12-8-11(10-5-6-14(22)19-9-10)15(20-16(12)18)13-4-3-7-24-13/h3-9H,1-2H3,(H2,18,20)(H,19,22). The lowest BCUT2D eigenvalue weighted by Crippen LogP contribution is -2.23. The van der Waals surface area contributed by atoms with Gasteiger partial charge in [-0.3, -0.25) is 9.59 Å². The zero-order valence-electron chi connectivity index (χ0n) is 13.2. The van der Waals surface area contributed by atoms with E-state index >= 15 is 0 Å². The molecular weight excluding hydrogens is 308 g/mol. The van der Waals surface area contributed by atoms with E-state index in [1.807, 2.05) is 0 Å². The third-order valence-corrected chi connectivity index (χ3v) is 3.54. The van der Waals surface area contributed by atoms with Crippen molar-refractivity contribution >= 4 is 11.7 Å². The quantitative estimate of drug-likeness (QED) is 0.766. The number of nitrogen functional groups attached to an aromatic ring is 1. The summed E-state index contributed by atoms with van der Waals surface area (Å²) in [5, 5.41) is 0. The maximum atomic E-state index is 12.3. The summed E-state index contributed by atoms with van der Waals surface area (Å²) in [6.07, 6.45) is 3.09. The van der Waals surface area contributed by atoms with Gasteiger partial charge < -0.3 is 20.0 Å². The number of nitrogens with two attached hydrogens (primary N) is 1. The van der Waals surface area contributed by atoms with Crippen LogP contribution in [0.3, 0.4) is 0 Å². The molecule has 3 aromatic heterocycles. The summed E-state index contributed by atoms with van der Waals surface area (Å²) >= 11 is 0. The molecule has 0 radical (unpaired) electrons. The monoisotopic (exact) mass is 324 g/mol. The number of amides is 1. The van der Waals surface area contributed by atoms with Crippen LogP contribution in [0.5, 0.6) is 0 Å². The van der Waals surface area contributed by atoms with Crippen molar-refractivity contribution in [3.8, 4) is 22.6 Å². The molecule has 0 atom stereocenters. The van der Waals surface area contributed by atoms with Gasteiger partial charge in [0.25, 0.3) is 5.91 Å². The number of rotatable bonds is 3. The molecule has 0 saturated carbocycles. The predicted molar refractivity (Wildman–Crippen MR) is 90.4 cm³/mol. The molecule has 7 heteroatoms. The van der Waals surface area contributed by atoms with E-state index in [0.29, 0.717) is 22.6 Å². The van der Waals surface area contributed by atoms with E-state index in [2.05, 4.69) is 9.97 Å². The molecule has 0 saturated heterocycles. The molecule has 0 spiro atoms. The van der Waals surface area contributed by atoms with Gasteiger partial charge in [0.1, 0.15) is 11.5 Å². The minimum atomic E-state index is -0.253. The van der Waals surface area contributed by atoms with Gasteiger partial charge in [0.05, 0.1) is 11.8 Å². The first-order chi connectivity index (χ1) is 11.5. The number of nitrogens with one attached hydrogen (secondary N) is 1. The van der Waals surface area contributed by atoms with Crippen molar-refractivity contribution in [3.63, 3.8) is 0 Å². The van der Waals surface area contributed by atoms with Gasteiger partial charge in [-0.2, -0.15) is 0 Å². The van der Waals surface area contributed by atoms with Crippen LogP contribution in [-0.4, -0.2) is 34.9 Å². The van der Waals surface area contributed by atoms with Crippen molar-refractivity contribution in [3.05, 3.63) is 58.7 Å². The average molecular weight is 324 g/mol. The fourth-order valence-corrected chi connectivity index (χ4v) is 2.34. The van der Waals surface area contributed by atoms with Gasteiger partial charge in [-0.25, -0.2) is 4.98 Å². The van der Waals surface area contributed by atoms with Crippen LogP contribution in [0.2, 0.25) is 0 Å². The summed E-state index contributed by atoms with van der Waals surface area (Å²) in [4.78, 5) is 32.0. The Balaban J connectivity index is 2.26. The molecule has 3 rings (SSSR count). The van der Waals surface area contributed by atoms with Crippen LogP contribution < -0.4 is 11.3 Å². The smallest absolute Gasteiger partial charge is 0.257 e. The highest BCUT2D eigenvalue weighted by atomic mass is 16.3. The molecule has 0 aliphatic heterocycles. The minimum absolute atomic E-state index is 0.119. The maximum Gasteiger partial charge on any atom is 0.257 e. The van der Waals surface area contributed by atoms with Crippen LogP contribution in [0.1, 0.15) is 10.4 Å². The third-order valence-electron chi connectivity index (χ3n) is 3.54. The van der Waals surface area contributed by atoms with Crippen molar-refractivity contribution in [1.82, 2.24) is 14.9 Å². The molecule has 3 N–H and O–H groups in total. The number of H-pyrrole nitrogens is 1. The van der Waals surface area contributed by atoms with Crippen LogP contribution in [-0.2, 0) is 0 Å². The summed E-state index contributed by atoms with van der Waals surface area (Å²) in [6.45, 7) is 0. The summed E-state index contributed by atoms with van der Waals surface area (Å²) in [5.74, 6) is 0.386. The zero-order chi connectivity index (χ0) is 17.3. The van der Waals surface area contributed by atoms with Gasteiger partial charge in [-0.05, 0) is 24.3 Å². The highest BCUT2D eigenvalue weighted by molar-refractivity contribution is 6.00. The number of pyridine rings is 2. The molecule has 0 bridgehead atoms. The lowest BCUT2D eigenvalue weighted by Gasteiger charge is -2.15. The fourth-order valence-electron chi connectivity index (χ4n) is 2.34. The van der Waals surface area contributed by atoms with Crippen molar-refractivity contribution in [1.29, 1.82) is 0 Å². The summed E-state index contributed by atoms with van der Waals surface area (Å²) in [7, 11) is 3.28. The second-order valence-corrected chi connectivity index (χ2v) is 5.44.